The third-order valence-electron chi connectivity index (χ3n) is 2.87. The van der Waals surface area contributed by atoms with Crippen molar-refractivity contribution < 1.29 is 19.2 Å². The second kappa shape index (κ2) is 5.96. The van der Waals surface area contributed by atoms with Crippen LogP contribution in [0.15, 0.2) is 16.8 Å². The number of carboxylic acid groups (broad SMARTS) is 1. The third-order valence-corrected chi connectivity index (χ3v) is 4.32. The lowest BCUT2D eigenvalue weighted by Gasteiger charge is -2.26. The molecule has 1 fully saturated rings. The number of nitrogens with zero attached hydrogens (tertiary/aromatic N) is 2. The van der Waals surface area contributed by atoms with Gasteiger partial charge in [-0.1, -0.05) is 12.1 Å². The Hall–Kier alpha value is -1.70. The van der Waals surface area contributed by atoms with Gasteiger partial charge >= 0.3 is 12.0 Å². The van der Waals surface area contributed by atoms with Crippen molar-refractivity contribution in [3.8, 4) is 0 Å². The van der Waals surface area contributed by atoms with Crippen LogP contribution in [0.1, 0.15) is 19.1 Å². The number of carbonyl (C=O) groups is 2. The monoisotopic (exact) mass is 285 g/mol. The van der Waals surface area contributed by atoms with Crippen LogP contribution in [0, 0.1) is 0 Å². The number of hydrogen-bond donors (Lipinski definition) is 2. The van der Waals surface area contributed by atoms with Crippen LogP contribution < -0.4 is 5.32 Å². The number of carbonyl (C=O) groups excluding carboxylic acids is 1. The number of thioether (sulfide) groups is 1. The predicted molar refractivity (Wildman–Crippen MR) is 68.5 cm³/mol. The Morgan fingerprint density at radius 1 is 1.68 bits per heavy atom. The maximum absolute atomic E-state index is 12.1. The first-order valence-corrected chi connectivity index (χ1v) is 6.98. The lowest BCUT2D eigenvalue weighted by atomic mass is 10.3. The summed E-state index contributed by atoms with van der Waals surface area (Å²) >= 11 is 1.49. The highest BCUT2D eigenvalue weighted by Crippen LogP contribution is 2.31. The molecule has 0 radical (unpaired) electrons. The molecule has 1 aromatic heterocycles. The number of aliphatic carboxylic acids is 1. The van der Waals surface area contributed by atoms with E-state index in [9.17, 15) is 9.59 Å². The Balaban J connectivity index is 2.00. The van der Waals surface area contributed by atoms with Gasteiger partial charge in [-0.05, 0) is 6.42 Å². The minimum atomic E-state index is -0.974. The summed E-state index contributed by atoms with van der Waals surface area (Å²) in [4.78, 5) is 24.6. The first kappa shape index (κ1) is 13.7. The highest BCUT2D eigenvalue weighted by Gasteiger charge is 2.40. The quantitative estimate of drug-likeness (QED) is 0.860. The van der Waals surface area contributed by atoms with Crippen molar-refractivity contribution in [3.63, 3.8) is 0 Å². The van der Waals surface area contributed by atoms with E-state index in [1.807, 2.05) is 6.92 Å². The summed E-state index contributed by atoms with van der Waals surface area (Å²) < 4.78 is 4.87. The second-order valence-corrected chi connectivity index (χ2v) is 5.31. The smallest absolute Gasteiger partial charge is 0.327 e. The lowest BCUT2D eigenvalue weighted by molar-refractivity contribution is -0.141. The van der Waals surface area contributed by atoms with E-state index < -0.39 is 12.0 Å². The van der Waals surface area contributed by atoms with Crippen LogP contribution in [0.2, 0.25) is 0 Å². The van der Waals surface area contributed by atoms with Gasteiger partial charge in [-0.15, -0.1) is 11.8 Å². The van der Waals surface area contributed by atoms with Crippen LogP contribution in [0.5, 0.6) is 0 Å². The highest BCUT2D eigenvalue weighted by molar-refractivity contribution is 8.00. The fourth-order valence-corrected chi connectivity index (χ4v) is 3.27. The van der Waals surface area contributed by atoms with Crippen molar-refractivity contribution in [1.82, 2.24) is 15.4 Å². The molecule has 2 unspecified atom stereocenters. The summed E-state index contributed by atoms with van der Waals surface area (Å²) in [6.07, 6.45) is 2.20. The summed E-state index contributed by atoms with van der Waals surface area (Å²) in [5, 5.41) is 15.2. The van der Waals surface area contributed by atoms with Crippen LogP contribution in [0.3, 0.4) is 0 Å². The molecule has 2 amide bonds. The van der Waals surface area contributed by atoms with Crippen molar-refractivity contribution >= 4 is 23.8 Å². The largest absolute Gasteiger partial charge is 0.480 e. The average molecular weight is 285 g/mol. The molecule has 0 aromatic carbocycles. The maximum atomic E-state index is 12.1. The molecule has 2 N–H and O–H groups in total. The van der Waals surface area contributed by atoms with E-state index in [0.29, 0.717) is 17.9 Å². The van der Waals surface area contributed by atoms with Gasteiger partial charge in [0.05, 0.1) is 18.1 Å². The van der Waals surface area contributed by atoms with Gasteiger partial charge in [0.1, 0.15) is 6.04 Å². The number of hydrogen-bond acceptors (Lipinski definition) is 5. The van der Waals surface area contributed by atoms with Crippen molar-refractivity contribution in [1.29, 1.82) is 0 Å². The molecule has 0 bridgehead atoms. The Kier molecular flexibility index (Phi) is 4.31. The summed E-state index contributed by atoms with van der Waals surface area (Å²) in [6, 6.07) is 0.482. The zero-order valence-electron chi connectivity index (χ0n) is 10.4. The van der Waals surface area contributed by atoms with E-state index in [1.165, 1.54) is 22.9 Å². The second-order valence-electron chi connectivity index (χ2n) is 4.09. The Bertz CT molecular complexity index is 451. The fraction of sp³-hybridized carbons (Fsp3) is 0.545. The fourth-order valence-electron chi connectivity index (χ4n) is 1.93. The zero-order chi connectivity index (χ0) is 13.8. The molecule has 2 heterocycles. The van der Waals surface area contributed by atoms with E-state index in [4.69, 9.17) is 9.63 Å². The Labute approximate surface area is 114 Å². The minimum Gasteiger partial charge on any atom is -0.480 e. The molecule has 2 atom stereocenters. The zero-order valence-corrected chi connectivity index (χ0v) is 11.2. The predicted octanol–water partition coefficient (Wildman–Crippen LogP) is 1.12. The minimum absolute atomic E-state index is 0.101. The molecule has 0 saturated carbocycles. The van der Waals surface area contributed by atoms with E-state index in [2.05, 4.69) is 10.5 Å². The average Bonchev–Trinajstić information content (AvgIpc) is 3.04. The van der Waals surface area contributed by atoms with Crippen molar-refractivity contribution in [2.75, 3.05) is 5.75 Å². The van der Waals surface area contributed by atoms with Crippen LogP contribution in [-0.2, 0) is 11.3 Å². The highest BCUT2D eigenvalue weighted by atomic mass is 32.2. The van der Waals surface area contributed by atoms with Crippen LogP contribution in [-0.4, -0.2) is 44.3 Å². The molecule has 1 aliphatic rings. The Morgan fingerprint density at radius 2 is 2.47 bits per heavy atom. The van der Waals surface area contributed by atoms with Crippen molar-refractivity contribution in [2.24, 2.45) is 0 Å². The van der Waals surface area contributed by atoms with Gasteiger partial charge in [-0.2, -0.15) is 0 Å². The van der Waals surface area contributed by atoms with Crippen LogP contribution in [0.25, 0.3) is 0 Å². The van der Waals surface area contributed by atoms with Crippen molar-refractivity contribution in [3.05, 3.63) is 18.0 Å². The standard InChI is InChI=1S/C11H15N3O4S/c1-2-9-14(8(6-19-9)10(15)16)11(17)12-5-7-3-4-13-18-7/h3-4,8-9H,2,5-6H2,1H3,(H,12,17)(H,15,16). The molecular formula is C11H15N3O4S. The molecule has 0 aliphatic carbocycles. The topological polar surface area (TPSA) is 95.7 Å². The van der Waals surface area contributed by atoms with Gasteiger partial charge in [0.25, 0.3) is 0 Å². The summed E-state index contributed by atoms with van der Waals surface area (Å²) in [7, 11) is 0. The van der Waals surface area contributed by atoms with Gasteiger partial charge in [-0.25, -0.2) is 9.59 Å². The molecule has 7 nitrogen and oxygen atoms in total. The molecule has 1 aromatic rings. The van der Waals surface area contributed by atoms with Gasteiger partial charge in [0.2, 0.25) is 0 Å². The maximum Gasteiger partial charge on any atom is 0.327 e. The van der Waals surface area contributed by atoms with Crippen molar-refractivity contribution in [2.45, 2.75) is 31.3 Å². The van der Waals surface area contributed by atoms with E-state index in [-0.39, 0.29) is 17.9 Å². The number of nitrogens with one attached hydrogen (secondary N) is 1. The summed E-state index contributed by atoms with van der Waals surface area (Å²) in [5.74, 6) is -0.0257. The molecular weight excluding hydrogens is 270 g/mol. The SMILES string of the molecule is CCC1SCC(C(=O)O)N1C(=O)NCc1ccno1. The number of aromatic nitrogens is 1. The third kappa shape index (κ3) is 3.01. The molecule has 19 heavy (non-hydrogen) atoms. The first-order valence-electron chi connectivity index (χ1n) is 5.93. The van der Waals surface area contributed by atoms with E-state index in [0.717, 1.165) is 0 Å². The summed E-state index contributed by atoms with van der Waals surface area (Å²) in [6.45, 7) is 2.13. The van der Waals surface area contributed by atoms with E-state index in [1.54, 1.807) is 6.07 Å². The van der Waals surface area contributed by atoms with Gasteiger partial charge in [-0.3, -0.25) is 4.90 Å². The molecule has 0 spiro atoms. The molecule has 1 saturated heterocycles. The molecule has 1 aliphatic heterocycles. The van der Waals surface area contributed by atoms with Gasteiger partial charge in [0.15, 0.2) is 5.76 Å². The van der Waals surface area contributed by atoms with Gasteiger partial charge < -0.3 is 14.9 Å². The Morgan fingerprint density at radius 3 is 3.05 bits per heavy atom. The molecule has 104 valence electrons. The van der Waals surface area contributed by atoms with E-state index >= 15 is 0 Å². The normalized spacial score (nSPS) is 22.5. The summed E-state index contributed by atoms with van der Waals surface area (Å²) in [5.41, 5.74) is 0. The number of rotatable bonds is 4. The molecule has 8 heteroatoms. The van der Waals surface area contributed by atoms with Crippen LogP contribution in [0.4, 0.5) is 4.79 Å². The number of urea groups is 1. The first-order chi connectivity index (χ1) is 9.13. The molecule has 2 rings (SSSR count). The lowest BCUT2D eigenvalue weighted by Crippen LogP contribution is -2.49. The number of amides is 2. The van der Waals surface area contributed by atoms with Crippen LogP contribution >= 0.6 is 11.8 Å². The number of carboxylic acids is 1. The van der Waals surface area contributed by atoms with Gasteiger partial charge in [0, 0.05) is 11.8 Å².